The van der Waals surface area contributed by atoms with Crippen LogP contribution in [-0.2, 0) is 12.8 Å². The summed E-state index contributed by atoms with van der Waals surface area (Å²) < 4.78 is 2.61. The normalized spacial score (nSPS) is 11.7. The van der Waals surface area contributed by atoms with Crippen LogP contribution in [-0.4, -0.2) is 61.3 Å². The molecule has 0 bridgehead atoms. The lowest BCUT2D eigenvalue weighted by Gasteiger charge is -2.35. The van der Waals surface area contributed by atoms with E-state index in [2.05, 4.69) is 65.8 Å². The molecule has 0 radical (unpaired) electrons. The summed E-state index contributed by atoms with van der Waals surface area (Å²) in [6.45, 7) is 24.6. The summed E-state index contributed by atoms with van der Waals surface area (Å²) in [5.74, 6) is 0. The molecule has 0 aromatic heterocycles. The van der Waals surface area contributed by atoms with Gasteiger partial charge in [0.2, 0.25) is 0 Å². The lowest BCUT2D eigenvalue weighted by atomic mass is 10.0. The zero-order chi connectivity index (χ0) is 23.7. The van der Waals surface area contributed by atoms with E-state index < -0.39 is 0 Å². The van der Waals surface area contributed by atoms with Gasteiger partial charge in [-0.15, -0.1) is 0 Å². The smallest absolute Gasteiger partial charge is 0.0786 e. The van der Waals surface area contributed by atoms with E-state index in [0.717, 1.165) is 0 Å². The van der Waals surface area contributed by atoms with Crippen molar-refractivity contribution < 1.29 is 33.8 Å². The van der Waals surface area contributed by atoms with Gasteiger partial charge in [0, 0.05) is 0 Å². The molecule has 0 spiro atoms. The van der Waals surface area contributed by atoms with Crippen LogP contribution in [0.5, 0.6) is 0 Å². The minimum atomic E-state index is 0. The van der Waals surface area contributed by atoms with Gasteiger partial charge >= 0.3 is 0 Å². The Morgan fingerprint density at radius 2 is 0.676 bits per heavy atom. The van der Waals surface area contributed by atoms with E-state index in [9.17, 15) is 0 Å². The topological polar surface area (TPSA) is 0 Å². The van der Waals surface area contributed by atoms with Crippen molar-refractivity contribution in [3.05, 3.63) is 35.4 Å². The van der Waals surface area contributed by atoms with Crippen LogP contribution in [0.1, 0.15) is 104 Å². The molecule has 0 heterocycles. The average molecular weight is 518 g/mol. The molecule has 2 nitrogen and oxygen atoms in total. The molecule has 0 aliphatic rings. The summed E-state index contributed by atoms with van der Waals surface area (Å²) >= 11 is 0. The molecule has 0 fully saturated rings. The molecule has 0 aliphatic carbocycles. The highest BCUT2D eigenvalue weighted by Gasteiger charge is 2.20. The molecule has 0 N–H and O–H groups in total. The van der Waals surface area contributed by atoms with E-state index in [4.69, 9.17) is 0 Å². The third kappa shape index (κ3) is 13.1. The van der Waals surface area contributed by atoms with Crippen molar-refractivity contribution in [3.8, 4) is 0 Å². The number of hydrogen-bond acceptors (Lipinski definition) is 0. The molecule has 1 aromatic carbocycles. The van der Waals surface area contributed by atoms with Gasteiger partial charge in [0.15, 0.2) is 0 Å². The third-order valence-electron chi connectivity index (χ3n) is 8.74. The first kappa shape index (κ1) is 35.9. The zero-order valence-corrected chi connectivity index (χ0v) is 25.2. The molecule has 4 heteroatoms. The predicted molar refractivity (Wildman–Crippen MR) is 144 cm³/mol. The Morgan fingerprint density at radius 3 is 0.941 bits per heavy atom. The SMILES string of the molecule is CC[N+](CC)(CC)CCCCCCc1ccc(CCCCCC[N+](CC)(CC)CC)cc1.[Cl-].[Cl-]. The molecular formula is C30H58Cl2N2. The Balaban J connectivity index is 0. The van der Waals surface area contributed by atoms with Crippen LogP contribution >= 0.6 is 0 Å². The first-order valence-electron chi connectivity index (χ1n) is 14.3. The monoisotopic (exact) mass is 516 g/mol. The minimum Gasteiger partial charge on any atom is -1.00 e. The van der Waals surface area contributed by atoms with E-state index >= 15 is 0 Å². The van der Waals surface area contributed by atoms with Crippen LogP contribution in [0.15, 0.2) is 24.3 Å². The van der Waals surface area contributed by atoms with Crippen LogP contribution < -0.4 is 24.8 Å². The maximum atomic E-state index is 2.39. The van der Waals surface area contributed by atoms with Gasteiger partial charge in [-0.2, -0.15) is 0 Å². The van der Waals surface area contributed by atoms with Crippen molar-refractivity contribution in [2.75, 3.05) is 52.4 Å². The molecule has 1 rings (SSSR count). The summed E-state index contributed by atoms with van der Waals surface area (Å²) in [6, 6.07) is 9.55. The maximum Gasteiger partial charge on any atom is 0.0786 e. The number of unbranched alkanes of at least 4 members (excludes halogenated alkanes) is 6. The fraction of sp³-hybridized carbons (Fsp3) is 0.800. The summed E-state index contributed by atoms with van der Waals surface area (Å²) in [7, 11) is 0. The van der Waals surface area contributed by atoms with E-state index in [1.54, 1.807) is 0 Å². The van der Waals surface area contributed by atoms with Crippen molar-refractivity contribution in [2.45, 2.75) is 106 Å². The quantitative estimate of drug-likeness (QED) is 0.182. The number of quaternary nitrogens is 2. The highest BCUT2D eigenvalue weighted by atomic mass is 35.5. The van der Waals surface area contributed by atoms with Crippen LogP contribution in [0.25, 0.3) is 0 Å². The highest BCUT2D eigenvalue weighted by molar-refractivity contribution is 5.22. The number of halogens is 2. The van der Waals surface area contributed by atoms with Crippen molar-refractivity contribution in [3.63, 3.8) is 0 Å². The number of benzene rings is 1. The van der Waals surface area contributed by atoms with Gasteiger partial charge in [0.1, 0.15) is 0 Å². The van der Waals surface area contributed by atoms with E-state index in [1.807, 2.05) is 0 Å². The molecule has 0 saturated heterocycles. The highest BCUT2D eigenvalue weighted by Crippen LogP contribution is 2.15. The molecule has 0 saturated carbocycles. The Bertz CT molecular complexity index is 498. The van der Waals surface area contributed by atoms with Gasteiger partial charge in [-0.1, -0.05) is 37.1 Å². The largest absolute Gasteiger partial charge is 1.00 e. The van der Waals surface area contributed by atoms with Gasteiger partial charge in [-0.3, -0.25) is 0 Å². The van der Waals surface area contributed by atoms with Crippen LogP contribution in [0.4, 0.5) is 0 Å². The van der Waals surface area contributed by atoms with Crippen molar-refractivity contribution >= 4 is 0 Å². The average Bonchev–Trinajstić information content (AvgIpc) is 2.85. The summed E-state index contributed by atoms with van der Waals surface area (Å²) in [4.78, 5) is 0. The molecule has 0 atom stereocenters. The number of nitrogens with zero attached hydrogens (tertiary/aromatic N) is 2. The zero-order valence-electron chi connectivity index (χ0n) is 23.7. The van der Waals surface area contributed by atoms with E-state index in [-0.39, 0.29) is 24.8 Å². The van der Waals surface area contributed by atoms with Gasteiger partial charge in [-0.25, -0.2) is 0 Å². The molecule has 34 heavy (non-hydrogen) atoms. The van der Waals surface area contributed by atoms with Crippen LogP contribution in [0.2, 0.25) is 0 Å². The minimum absolute atomic E-state index is 0. The van der Waals surface area contributed by atoms with Gasteiger partial charge < -0.3 is 33.8 Å². The molecule has 202 valence electrons. The number of aryl methyl sites for hydroxylation is 2. The molecule has 0 unspecified atom stereocenters. The van der Waals surface area contributed by atoms with Crippen molar-refractivity contribution in [1.82, 2.24) is 0 Å². The van der Waals surface area contributed by atoms with Crippen molar-refractivity contribution in [1.29, 1.82) is 0 Å². The molecular weight excluding hydrogens is 459 g/mol. The Hall–Kier alpha value is -0.280. The fourth-order valence-electron chi connectivity index (χ4n) is 5.42. The van der Waals surface area contributed by atoms with Gasteiger partial charge in [0.05, 0.1) is 52.4 Å². The van der Waals surface area contributed by atoms with Crippen LogP contribution in [0.3, 0.4) is 0 Å². The third-order valence-corrected chi connectivity index (χ3v) is 8.74. The molecule has 1 aromatic rings. The maximum absolute atomic E-state index is 2.39. The second-order valence-electron chi connectivity index (χ2n) is 10.2. The number of hydrogen-bond donors (Lipinski definition) is 0. The second-order valence-corrected chi connectivity index (χ2v) is 10.2. The van der Waals surface area contributed by atoms with Crippen molar-refractivity contribution in [2.24, 2.45) is 0 Å². The molecule has 0 amide bonds. The Labute approximate surface area is 226 Å². The standard InChI is InChI=1S/C30H58N2.2ClH/c1-7-31(8-2,9-3)27-19-15-13-17-21-29-23-25-30(26-24-29)22-18-14-16-20-28-32(10-4,11-5)12-6;;/h23-26H,7-22,27-28H2,1-6H3;2*1H/q+2;;/p-2. The first-order valence-corrected chi connectivity index (χ1v) is 14.3. The summed E-state index contributed by atoms with van der Waals surface area (Å²) in [6.07, 6.45) is 13.5. The molecule has 0 aliphatic heterocycles. The fourth-order valence-corrected chi connectivity index (χ4v) is 5.42. The lowest BCUT2D eigenvalue weighted by Crippen LogP contribution is -3.00. The Morgan fingerprint density at radius 1 is 0.412 bits per heavy atom. The first-order chi connectivity index (χ1) is 15.5. The van der Waals surface area contributed by atoms with E-state index in [1.165, 1.54) is 137 Å². The van der Waals surface area contributed by atoms with Gasteiger partial charge in [0.25, 0.3) is 0 Å². The number of rotatable bonds is 20. The van der Waals surface area contributed by atoms with Gasteiger partial charge in [-0.05, 0) is 104 Å². The van der Waals surface area contributed by atoms with E-state index in [0.29, 0.717) is 0 Å². The Kier molecular flexibility index (Phi) is 22.0. The second kappa shape index (κ2) is 20.9. The van der Waals surface area contributed by atoms with Crippen LogP contribution in [0, 0.1) is 0 Å². The summed E-state index contributed by atoms with van der Waals surface area (Å²) in [5, 5.41) is 0. The summed E-state index contributed by atoms with van der Waals surface area (Å²) in [5.41, 5.74) is 3.06. The lowest BCUT2D eigenvalue weighted by molar-refractivity contribution is -0.923. The predicted octanol–water partition coefficient (Wildman–Crippen LogP) is 1.65.